The number of hydrogen-bond donors (Lipinski definition) is 1. The molecule has 0 radical (unpaired) electrons. The predicted octanol–water partition coefficient (Wildman–Crippen LogP) is 8.79. The topological polar surface area (TPSA) is 29.5 Å². The zero-order valence-corrected chi connectivity index (χ0v) is 24.4. The molecule has 0 saturated carbocycles. The van der Waals surface area contributed by atoms with E-state index in [1.165, 1.54) is 16.7 Å². The van der Waals surface area contributed by atoms with Crippen molar-refractivity contribution in [2.75, 3.05) is 26.1 Å². The number of allylic oxidation sites excluding steroid dienone is 2. The van der Waals surface area contributed by atoms with Crippen LogP contribution >= 0.6 is 27.7 Å². The van der Waals surface area contributed by atoms with Crippen LogP contribution in [0.1, 0.15) is 65.0 Å². The number of unbranched alkanes of at least 4 members (excludes halogenated alkanes) is 1. The first-order valence-corrected chi connectivity index (χ1v) is 13.9. The van der Waals surface area contributed by atoms with Crippen LogP contribution in [0.4, 0.5) is 0 Å². The molecule has 1 N–H and O–H groups in total. The molecule has 0 atom stereocenters. The van der Waals surface area contributed by atoms with Gasteiger partial charge in [-0.3, -0.25) is 0 Å². The third-order valence-corrected chi connectivity index (χ3v) is 6.88. The molecule has 2 nitrogen and oxygen atoms in total. The number of halogens is 1. The van der Waals surface area contributed by atoms with Crippen LogP contribution in [0.15, 0.2) is 85.0 Å². The van der Waals surface area contributed by atoms with Crippen molar-refractivity contribution in [1.29, 1.82) is 0 Å². The highest BCUT2D eigenvalue weighted by Crippen LogP contribution is 2.49. The maximum Gasteiger partial charge on any atom is 0.0864 e. The molecule has 0 aromatic heterocycles. The van der Waals surface area contributed by atoms with E-state index in [4.69, 9.17) is 9.84 Å². The molecule has 0 heterocycles. The third kappa shape index (κ3) is 11.4. The van der Waals surface area contributed by atoms with E-state index in [1.807, 2.05) is 31.7 Å². The summed E-state index contributed by atoms with van der Waals surface area (Å²) in [6, 6.07) is 21.8. The second-order valence-electron chi connectivity index (χ2n) is 8.14. The maximum atomic E-state index is 7.00. The van der Waals surface area contributed by atoms with Crippen molar-refractivity contribution in [2.24, 2.45) is 0 Å². The highest BCUT2D eigenvalue weighted by atomic mass is 79.9. The van der Waals surface area contributed by atoms with E-state index in [2.05, 4.69) is 110 Å². The van der Waals surface area contributed by atoms with Crippen LogP contribution in [0, 0.1) is 0 Å². The molecule has 0 aliphatic carbocycles. The van der Waals surface area contributed by atoms with Crippen molar-refractivity contribution >= 4 is 27.7 Å². The number of ether oxygens (including phenoxy) is 1. The van der Waals surface area contributed by atoms with E-state index in [-0.39, 0.29) is 9.07 Å². The largest absolute Gasteiger partial charge is 0.400 e. The Bertz CT molecular complexity index is 743. The Morgan fingerprint density at radius 1 is 0.971 bits per heavy atom. The highest BCUT2D eigenvalue weighted by molar-refractivity contribution is 9.10. The average molecular weight is 550 g/mol. The smallest absolute Gasteiger partial charge is 0.0864 e. The molecule has 0 unspecified atom stereocenters. The Morgan fingerprint density at radius 2 is 1.47 bits per heavy atom. The van der Waals surface area contributed by atoms with Gasteiger partial charge in [0, 0.05) is 18.0 Å². The zero-order chi connectivity index (χ0) is 25.9. The fraction of sp³-hybridized carbons (Fsp3) is 0.467. The molecule has 2 rings (SSSR count). The summed E-state index contributed by atoms with van der Waals surface area (Å²) in [5, 5.41) is 7.00. The minimum Gasteiger partial charge on any atom is -0.400 e. The van der Waals surface area contributed by atoms with Gasteiger partial charge in [0.05, 0.1) is 11.4 Å². The van der Waals surface area contributed by atoms with Crippen molar-refractivity contribution in [2.45, 2.75) is 63.0 Å². The predicted molar refractivity (Wildman–Crippen MR) is 157 cm³/mol. The van der Waals surface area contributed by atoms with E-state index in [9.17, 15) is 0 Å². The summed E-state index contributed by atoms with van der Waals surface area (Å²) < 4.78 is 5.71. The number of hydrogen-bond acceptors (Lipinski definition) is 3. The Kier molecular flexibility index (Phi) is 18.2. The molecular formula is C30H45BrO2S. The van der Waals surface area contributed by atoms with Crippen LogP contribution in [0.25, 0.3) is 0 Å². The van der Waals surface area contributed by atoms with Gasteiger partial charge in [-0.2, -0.15) is 0 Å². The Morgan fingerprint density at radius 3 is 1.91 bits per heavy atom. The van der Waals surface area contributed by atoms with E-state index in [1.54, 1.807) is 0 Å². The van der Waals surface area contributed by atoms with Crippen molar-refractivity contribution < 1.29 is 9.84 Å². The highest BCUT2D eigenvalue weighted by Gasteiger charge is 2.36. The number of benzene rings is 2. The number of alkyl halides is 1. The van der Waals surface area contributed by atoms with Gasteiger partial charge in [-0.05, 0) is 56.9 Å². The van der Waals surface area contributed by atoms with Crippen molar-refractivity contribution in [3.05, 3.63) is 96.1 Å². The summed E-state index contributed by atoms with van der Waals surface area (Å²) in [5.41, 5.74) is 4.04. The number of rotatable bonds is 13. The van der Waals surface area contributed by atoms with Gasteiger partial charge in [0.1, 0.15) is 0 Å². The molecule has 0 saturated heterocycles. The van der Waals surface area contributed by atoms with Crippen LogP contribution in [0.2, 0.25) is 0 Å². The second-order valence-corrected chi connectivity index (χ2v) is 11.6. The first-order valence-electron chi connectivity index (χ1n) is 12.1. The van der Waals surface area contributed by atoms with Gasteiger partial charge in [0.15, 0.2) is 0 Å². The molecule has 2 aromatic carbocycles. The molecule has 2 aromatic rings. The molecule has 0 fully saturated rings. The molecule has 4 heteroatoms. The van der Waals surface area contributed by atoms with Gasteiger partial charge in [-0.25, -0.2) is 0 Å². The van der Waals surface area contributed by atoms with Gasteiger partial charge >= 0.3 is 0 Å². The van der Waals surface area contributed by atoms with Crippen molar-refractivity contribution in [3.63, 3.8) is 0 Å². The molecule has 0 bridgehead atoms. The van der Waals surface area contributed by atoms with Crippen LogP contribution in [-0.4, -0.2) is 35.5 Å². The number of aliphatic hydroxyl groups excluding tert-OH is 1. The lowest BCUT2D eigenvalue weighted by Gasteiger charge is -2.36. The van der Waals surface area contributed by atoms with Gasteiger partial charge in [0.25, 0.3) is 0 Å². The summed E-state index contributed by atoms with van der Waals surface area (Å²) in [5.74, 6) is 1.03. The Balaban J connectivity index is 0.00000258. The molecular weight excluding hydrogens is 504 g/mol. The Labute approximate surface area is 222 Å². The van der Waals surface area contributed by atoms with E-state index < -0.39 is 0 Å². The molecule has 0 amide bonds. The third-order valence-electron chi connectivity index (χ3n) is 4.93. The van der Waals surface area contributed by atoms with Crippen LogP contribution < -0.4 is 0 Å². The van der Waals surface area contributed by atoms with Crippen LogP contribution in [-0.2, 0) is 9.48 Å². The monoisotopic (exact) mass is 548 g/mol. The normalized spacial score (nSPS) is 11.6. The van der Waals surface area contributed by atoms with Gasteiger partial charge in [-0.1, -0.05) is 108 Å². The lowest BCUT2D eigenvalue weighted by molar-refractivity contribution is 0.122. The Hall–Kier alpha value is -1.33. The molecule has 0 aliphatic rings. The van der Waals surface area contributed by atoms with Gasteiger partial charge < -0.3 is 9.84 Å². The van der Waals surface area contributed by atoms with E-state index in [0.29, 0.717) is 0 Å². The first-order chi connectivity index (χ1) is 16.4. The van der Waals surface area contributed by atoms with Crippen LogP contribution in [0.5, 0.6) is 0 Å². The lowest BCUT2D eigenvalue weighted by atomic mass is 9.84. The zero-order valence-electron chi connectivity index (χ0n) is 22.0. The summed E-state index contributed by atoms with van der Waals surface area (Å²) in [4.78, 5) is 0. The molecule has 190 valence electrons. The standard InChI is InChI=1S/C27H35BrOS.C2H6.CH4O/c1-5-6-9-15-23(2)27(24-16-10-7-11-17-24,25-18-12-8-13-19-25)30-21-14-20-29-22-26(3,4)28;2*1-2/h5,7-8,10-13,15-19H,1,6,9,14,20-22H2,2-4H3;1-2H3;2H,1H3/b23-15+;;. The molecule has 34 heavy (non-hydrogen) atoms. The summed E-state index contributed by atoms with van der Waals surface area (Å²) in [6.07, 6.45) is 7.42. The summed E-state index contributed by atoms with van der Waals surface area (Å²) >= 11 is 5.66. The maximum absolute atomic E-state index is 7.00. The summed E-state index contributed by atoms with van der Waals surface area (Å²) in [7, 11) is 1.00. The van der Waals surface area contributed by atoms with Gasteiger partial charge in [0.2, 0.25) is 0 Å². The number of aliphatic hydroxyl groups is 1. The van der Waals surface area contributed by atoms with Gasteiger partial charge in [-0.15, -0.1) is 18.3 Å². The quantitative estimate of drug-likeness (QED) is 0.154. The average Bonchev–Trinajstić information content (AvgIpc) is 2.87. The van der Waals surface area contributed by atoms with E-state index >= 15 is 0 Å². The second kappa shape index (κ2) is 18.9. The van der Waals surface area contributed by atoms with Crippen molar-refractivity contribution in [3.8, 4) is 0 Å². The lowest BCUT2D eigenvalue weighted by Crippen LogP contribution is -2.26. The molecule has 0 spiro atoms. The molecule has 0 aliphatic heterocycles. The SMILES string of the molecule is C=CCC/C=C(\C)C(SCCCOCC(C)(C)Br)(c1ccccc1)c1ccccc1.CC.CO. The first kappa shape index (κ1) is 32.7. The van der Waals surface area contributed by atoms with Crippen molar-refractivity contribution in [1.82, 2.24) is 0 Å². The summed E-state index contributed by atoms with van der Waals surface area (Å²) in [6.45, 7) is 15.9. The minimum absolute atomic E-state index is 0.0302. The fourth-order valence-electron chi connectivity index (χ4n) is 3.51. The minimum atomic E-state index is -0.196. The number of thioether (sulfide) groups is 1. The van der Waals surface area contributed by atoms with E-state index in [0.717, 1.165) is 45.3 Å². The van der Waals surface area contributed by atoms with Crippen LogP contribution in [0.3, 0.4) is 0 Å². The fourth-order valence-corrected chi connectivity index (χ4v) is 5.16.